The quantitative estimate of drug-likeness (QED) is 0.444. The number of hydrogen-bond acceptors (Lipinski definition) is 7. The van der Waals surface area contributed by atoms with E-state index in [1.54, 1.807) is 18.9 Å². The average Bonchev–Trinajstić information content (AvgIpc) is 3.57. The van der Waals surface area contributed by atoms with Crippen molar-refractivity contribution in [3.05, 3.63) is 54.6 Å². The Morgan fingerprint density at radius 1 is 1.05 bits per heavy atom. The molecule has 0 bridgehead atoms. The average molecular weight is 599 g/mol. The molecule has 232 valence electrons. The van der Waals surface area contributed by atoms with Gasteiger partial charge in [-0.2, -0.15) is 0 Å². The summed E-state index contributed by atoms with van der Waals surface area (Å²) in [5, 5.41) is 7.40. The number of amides is 2. The molecule has 3 aliphatic rings. The first kappa shape index (κ1) is 30.1. The van der Waals surface area contributed by atoms with Gasteiger partial charge in [0.05, 0.1) is 24.9 Å². The first-order valence-corrected chi connectivity index (χ1v) is 15.8. The Bertz CT molecular complexity index is 1540. The molecule has 9 heteroatoms. The Morgan fingerprint density at radius 2 is 1.86 bits per heavy atom. The Labute approximate surface area is 258 Å². The van der Waals surface area contributed by atoms with Crippen molar-refractivity contribution in [2.45, 2.75) is 70.1 Å². The molecule has 6 rings (SSSR count). The van der Waals surface area contributed by atoms with Crippen LogP contribution in [0.1, 0.15) is 52.4 Å². The summed E-state index contributed by atoms with van der Waals surface area (Å²) in [7, 11) is 1.62. The lowest BCUT2D eigenvalue weighted by Gasteiger charge is -2.28. The first-order valence-electron chi connectivity index (χ1n) is 15.8. The Kier molecular flexibility index (Phi) is 8.58. The zero-order chi connectivity index (χ0) is 30.8. The van der Waals surface area contributed by atoms with Crippen molar-refractivity contribution >= 4 is 28.5 Å². The van der Waals surface area contributed by atoms with Gasteiger partial charge in [0.2, 0.25) is 11.8 Å². The third-order valence-electron chi connectivity index (χ3n) is 9.60. The van der Waals surface area contributed by atoms with Crippen molar-refractivity contribution in [2.24, 2.45) is 11.8 Å². The normalized spacial score (nSPS) is 27.8. The van der Waals surface area contributed by atoms with E-state index in [0.29, 0.717) is 30.8 Å². The standard InChI is InChI=1S/C35H42N4O5/c1-22-14-16-36-15-8-7-11-25-20-35(25,23(2)40)38-33(41)31-18-27(21-39(31)34(22)42)44-32-19-29(24-9-5-4-6-10-24)37-30-17-26(43-3)12-13-28(30)32/h4-6,9-10,12-13,17,19,22,25,27,31,36H,7-8,11,14-16,18,20-21H2,1-3H3,(H,38,41)/t22-,25?,27+,31-,35-/m0/s1. The topological polar surface area (TPSA) is 110 Å². The fraction of sp³-hybridized carbons (Fsp3) is 0.486. The second-order valence-electron chi connectivity index (χ2n) is 12.6. The van der Waals surface area contributed by atoms with Gasteiger partial charge in [-0.3, -0.25) is 14.4 Å². The third-order valence-corrected chi connectivity index (χ3v) is 9.60. The summed E-state index contributed by atoms with van der Waals surface area (Å²) in [5.74, 6) is 0.872. The monoisotopic (exact) mass is 598 g/mol. The number of ketones is 1. The smallest absolute Gasteiger partial charge is 0.243 e. The van der Waals surface area contributed by atoms with Gasteiger partial charge in [-0.05, 0) is 63.7 Å². The van der Waals surface area contributed by atoms with Crippen LogP contribution in [0.4, 0.5) is 0 Å². The van der Waals surface area contributed by atoms with Crippen LogP contribution >= 0.6 is 0 Å². The van der Waals surface area contributed by atoms with Crippen LogP contribution in [0.15, 0.2) is 54.6 Å². The fourth-order valence-electron chi connectivity index (χ4n) is 6.86. The summed E-state index contributed by atoms with van der Waals surface area (Å²) in [5.41, 5.74) is 1.61. The second kappa shape index (κ2) is 12.6. The van der Waals surface area contributed by atoms with E-state index in [-0.39, 0.29) is 36.0 Å². The number of carbonyl (C=O) groups is 3. The molecule has 2 aliphatic heterocycles. The molecular formula is C35H42N4O5. The number of hydrogen-bond donors (Lipinski definition) is 2. The van der Waals surface area contributed by atoms with Gasteiger partial charge in [0.25, 0.3) is 0 Å². The second-order valence-corrected chi connectivity index (χ2v) is 12.6. The van der Waals surface area contributed by atoms with E-state index in [0.717, 1.165) is 54.5 Å². The highest BCUT2D eigenvalue weighted by Crippen LogP contribution is 2.48. The molecule has 1 saturated carbocycles. The fourth-order valence-corrected chi connectivity index (χ4v) is 6.86. The van der Waals surface area contributed by atoms with Crippen molar-refractivity contribution in [1.82, 2.24) is 20.5 Å². The minimum atomic E-state index is -0.824. The van der Waals surface area contributed by atoms with Gasteiger partial charge in [0, 0.05) is 35.4 Å². The van der Waals surface area contributed by atoms with Gasteiger partial charge in [0.15, 0.2) is 5.78 Å². The van der Waals surface area contributed by atoms with Crippen LogP contribution in [0.2, 0.25) is 0 Å². The molecule has 44 heavy (non-hydrogen) atoms. The zero-order valence-corrected chi connectivity index (χ0v) is 25.8. The summed E-state index contributed by atoms with van der Waals surface area (Å²) in [6, 6.07) is 16.8. The van der Waals surface area contributed by atoms with E-state index in [4.69, 9.17) is 14.5 Å². The van der Waals surface area contributed by atoms with Crippen LogP contribution in [0.5, 0.6) is 11.5 Å². The van der Waals surface area contributed by atoms with Crippen LogP contribution < -0.4 is 20.1 Å². The lowest BCUT2D eigenvalue weighted by molar-refractivity contribution is -0.142. The van der Waals surface area contributed by atoms with Crippen molar-refractivity contribution in [3.8, 4) is 22.8 Å². The molecular weight excluding hydrogens is 556 g/mol. The van der Waals surface area contributed by atoms with E-state index in [1.807, 2.05) is 61.5 Å². The molecule has 2 saturated heterocycles. The van der Waals surface area contributed by atoms with E-state index < -0.39 is 17.7 Å². The Balaban J connectivity index is 1.31. The summed E-state index contributed by atoms with van der Waals surface area (Å²) in [6.45, 7) is 5.40. The number of aromatic nitrogens is 1. The van der Waals surface area contributed by atoms with Crippen LogP contribution in [0.25, 0.3) is 22.2 Å². The van der Waals surface area contributed by atoms with Crippen molar-refractivity contribution < 1.29 is 23.9 Å². The number of nitrogens with one attached hydrogen (secondary N) is 2. The molecule has 1 unspecified atom stereocenters. The molecule has 5 atom stereocenters. The summed E-state index contributed by atoms with van der Waals surface area (Å²) in [4.78, 5) is 47.1. The zero-order valence-electron chi connectivity index (χ0n) is 25.8. The number of carbonyl (C=O) groups excluding carboxylic acids is 3. The van der Waals surface area contributed by atoms with E-state index in [2.05, 4.69) is 10.6 Å². The van der Waals surface area contributed by atoms with Gasteiger partial charge in [0.1, 0.15) is 29.2 Å². The van der Waals surface area contributed by atoms with Crippen LogP contribution in [0, 0.1) is 11.8 Å². The van der Waals surface area contributed by atoms with Crippen molar-refractivity contribution in [3.63, 3.8) is 0 Å². The van der Waals surface area contributed by atoms with Gasteiger partial charge in [-0.15, -0.1) is 0 Å². The van der Waals surface area contributed by atoms with Crippen LogP contribution in [0.3, 0.4) is 0 Å². The van der Waals surface area contributed by atoms with E-state index in [1.165, 1.54) is 0 Å². The highest BCUT2D eigenvalue weighted by Gasteiger charge is 2.59. The number of rotatable bonds is 5. The van der Waals surface area contributed by atoms with Crippen LogP contribution in [-0.4, -0.2) is 71.9 Å². The third kappa shape index (κ3) is 6.02. The molecule has 1 aliphatic carbocycles. The number of nitrogens with zero attached hydrogens (tertiary/aromatic N) is 2. The van der Waals surface area contributed by atoms with Gasteiger partial charge in [-0.1, -0.05) is 43.7 Å². The van der Waals surface area contributed by atoms with Crippen molar-refractivity contribution in [1.29, 1.82) is 0 Å². The van der Waals surface area contributed by atoms with Gasteiger partial charge < -0.3 is 25.0 Å². The minimum absolute atomic E-state index is 0.0116. The predicted molar refractivity (Wildman–Crippen MR) is 168 cm³/mol. The molecule has 2 amide bonds. The SMILES string of the molecule is COc1ccc2c(O[C@@H]3C[C@H]4C(=O)N[C@]5(C(C)=O)CC5CCCCNCC[C@H](C)C(=O)N4C3)cc(-c3ccccc3)nc2c1. The minimum Gasteiger partial charge on any atom is -0.497 e. The molecule has 3 aromatic rings. The molecule has 3 heterocycles. The molecule has 2 aromatic carbocycles. The maximum absolute atomic E-state index is 13.9. The lowest BCUT2D eigenvalue weighted by Crippen LogP contribution is -2.53. The number of fused-ring (bicyclic) bond motifs is 3. The molecule has 1 aromatic heterocycles. The molecule has 0 radical (unpaired) electrons. The molecule has 0 spiro atoms. The predicted octanol–water partition coefficient (Wildman–Crippen LogP) is 4.52. The van der Waals surface area contributed by atoms with Gasteiger partial charge >= 0.3 is 0 Å². The number of benzene rings is 2. The molecule has 9 nitrogen and oxygen atoms in total. The Hall–Kier alpha value is -3.98. The van der Waals surface area contributed by atoms with E-state index in [9.17, 15) is 14.4 Å². The lowest BCUT2D eigenvalue weighted by atomic mass is 10.0. The first-order chi connectivity index (χ1) is 21.3. The number of pyridine rings is 1. The number of methoxy groups -OCH3 is 1. The highest BCUT2D eigenvalue weighted by atomic mass is 16.5. The summed E-state index contributed by atoms with van der Waals surface area (Å²) in [6.07, 6.45) is 4.18. The van der Waals surface area contributed by atoms with E-state index >= 15 is 0 Å². The van der Waals surface area contributed by atoms with Gasteiger partial charge in [-0.25, -0.2) is 4.98 Å². The largest absolute Gasteiger partial charge is 0.497 e. The van der Waals surface area contributed by atoms with Crippen molar-refractivity contribution in [2.75, 3.05) is 26.7 Å². The Morgan fingerprint density at radius 3 is 2.64 bits per heavy atom. The highest BCUT2D eigenvalue weighted by molar-refractivity contribution is 5.97. The summed E-state index contributed by atoms with van der Waals surface area (Å²) >= 11 is 0. The molecule has 2 N–H and O–H groups in total. The maximum Gasteiger partial charge on any atom is 0.243 e. The number of ether oxygens (including phenoxy) is 2. The maximum atomic E-state index is 13.9. The van der Waals surface area contributed by atoms with Crippen LogP contribution in [-0.2, 0) is 14.4 Å². The molecule has 3 fully saturated rings. The summed E-state index contributed by atoms with van der Waals surface area (Å²) < 4.78 is 12.1. The number of Topliss-reactive ketones (excluding diaryl/α,β-unsaturated/α-hetero) is 1.